The van der Waals surface area contributed by atoms with E-state index in [1.165, 1.54) is 12.8 Å². The van der Waals surface area contributed by atoms with Crippen molar-refractivity contribution in [1.29, 1.82) is 0 Å². The zero-order chi connectivity index (χ0) is 11.4. The van der Waals surface area contributed by atoms with Crippen LogP contribution in [0.25, 0.3) is 0 Å². The van der Waals surface area contributed by atoms with Crippen molar-refractivity contribution in [2.24, 2.45) is 7.05 Å². The minimum Gasteiger partial charge on any atom is -0.377 e. The van der Waals surface area contributed by atoms with E-state index in [1.807, 2.05) is 11.6 Å². The molecule has 1 fully saturated rings. The number of nitrogens with zero attached hydrogens (tertiary/aromatic N) is 3. The molecule has 16 heavy (non-hydrogen) atoms. The average Bonchev–Trinajstić information content (AvgIpc) is 2.92. The predicted molar refractivity (Wildman–Crippen MR) is 60.9 cm³/mol. The fourth-order valence-electron chi connectivity index (χ4n) is 2.15. The number of ether oxygens (including phenoxy) is 1. The Morgan fingerprint density at radius 2 is 2.56 bits per heavy atom. The van der Waals surface area contributed by atoms with E-state index in [0.29, 0.717) is 12.1 Å². The molecular formula is C11H20N4O. The Morgan fingerprint density at radius 3 is 3.12 bits per heavy atom. The number of aryl methyl sites for hydroxylation is 1. The van der Waals surface area contributed by atoms with Crippen LogP contribution in [-0.4, -0.2) is 33.5 Å². The van der Waals surface area contributed by atoms with Gasteiger partial charge >= 0.3 is 0 Å². The molecule has 90 valence electrons. The van der Waals surface area contributed by atoms with Crippen LogP contribution in [0.1, 0.15) is 32.0 Å². The van der Waals surface area contributed by atoms with Gasteiger partial charge in [0.2, 0.25) is 0 Å². The third-order valence-electron chi connectivity index (χ3n) is 3.18. The van der Waals surface area contributed by atoms with Gasteiger partial charge in [-0.25, -0.2) is 0 Å². The highest BCUT2D eigenvalue weighted by molar-refractivity contribution is 4.87. The maximum atomic E-state index is 5.70. The zero-order valence-corrected chi connectivity index (χ0v) is 10.0. The Balaban J connectivity index is 1.85. The smallest absolute Gasteiger partial charge is 0.146 e. The van der Waals surface area contributed by atoms with E-state index < -0.39 is 0 Å². The van der Waals surface area contributed by atoms with E-state index in [0.717, 1.165) is 25.4 Å². The molecule has 2 rings (SSSR count). The van der Waals surface area contributed by atoms with E-state index in [4.69, 9.17) is 4.74 Å². The van der Waals surface area contributed by atoms with Gasteiger partial charge in [-0.1, -0.05) is 6.92 Å². The zero-order valence-electron chi connectivity index (χ0n) is 10.0. The van der Waals surface area contributed by atoms with Crippen LogP contribution in [0.2, 0.25) is 0 Å². The van der Waals surface area contributed by atoms with Crippen molar-refractivity contribution in [2.75, 3.05) is 6.61 Å². The lowest BCUT2D eigenvalue weighted by atomic mass is 10.1. The molecule has 0 spiro atoms. The summed E-state index contributed by atoms with van der Waals surface area (Å²) in [5.74, 6) is 0.969. The lowest BCUT2D eigenvalue weighted by Crippen LogP contribution is -2.39. The van der Waals surface area contributed by atoms with Gasteiger partial charge < -0.3 is 14.6 Å². The summed E-state index contributed by atoms with van der Waals surface area (Å²) in [7, 11) is 1.96. The second-order valence-corrected chi connectivity index (χ2v) is 4.31. The van der Waals surface area contributed by atoms with E-state index in [2.05, 4.69) is 22.4 Å². The lowest BCUT2D eigenvalue weighted by Gasteiger charge is -2.22. The summed E-state index contributed by atoms with van der Waals surface area (Å²) < 4.78 is 7.64. The van der Waals surface area contributed by atoms with Gasteiger partial charge in [-0.3, -0.25) is 0 Å². The highest BCUT2D eigenvalue weighted by atomic mass is 16.5. The summed E-state index contributed by atoms with van der Waals surface area (Å²) in [5, 5.41) is 11.4. The normalized spacial score (nSPS) is 22.5. The van der Waals surface area contributed by atoms with Crippen molar-refractivity contribution in [2.45, 2.75) is 44.9 Å². The minimum atomic E-state index is 0.373. The number of nitrogens with one attached hydrogen (secondary N) is 1. The SMILES string of the molecule is CC[C@H](NCc1nncn1C)[C@H]1CCCO1. The third-order valence-corrected chi connectivity index (χ3v) is 3.18. The van der Waals surface area contributed by atoms with Gasteiger partial charge in [0, 0.05) is 19.7 Å². The molecule has 1 N–H and O–H groups in total. The summed E-state index contributed by atoms with van der Waals surface area (Å²) in [5.41, 5.74) is 0. The van der Waals surface area contributed by atoms with Crippen molar-refractivity contribution in [3.63, 3.8) is 0 Å². The molecule has 1 aromatic heterocycles. The Labute approximate surface area is 96.2 Å². The molecule has 1 aliphatic rings. The first-order valence-corrected chi connectivity index (χ1v) is 5.99. The van der Waals surface area contributed by atoms with Gasteiger partial charge in [0.05, 0.1) is 12.6 Å². The third kappa shape index (κ3) is 2.59. The van der Waals surface area contributed by atoms with Crippen LogP contribution in [0.3, 0.4) is 0 Å². The maximum Gasteiger partial charge on any atom is 0.146 e. The van der Waals surface area contributed by atoms with Crippen molar-refractivity contribution in [1.82, 2.24) is 20.1 Å². The Hall–Kier alpha value is -0.940. The van der Waals surface area contributed by atoms with Crippen LogP contribution in [-0.2, 0) is 18.3 Å². The molecule has 5 heteroatoms. The molecule has 2 atom stereocenters. The van der Waals surface area contributed by atoms with E-state index in [-0.39, 0.29) is 0 Å². The summed E-state index contributed by atoms with van der Waals surface area (Å²) in [6.07, 6.45) is 5.54. The van der Waals surface area contributed by atoms with Gasteiger partial charge in [0.15, 0.2) is 0 Å². The van der Waals surface area contributed by atoms with Gasteiger partial charge in [0.1, 0.15) is 12.2 Å². The van der Waals surface area contributed by atoms with E-state index in [1.54, 1.807) is 6.33 Å². The number of hydrogen-bond donors (Lipinski definition) is 1. The van der Waals surface area contributed by atoms with Gasteiger partial charge in [-0.05, 0) is 19.3 Å². The molecule has 2 heterocycles. The number of rotatable bonds is 5. The molecule has 1 saturated heterocycles. The molecular weight excluding hydrogens is 204 g/mol. The van der Waals surface area contributed by atoms with Crippen LogP contribution < -0.4 is 5.32 Å². The van der Waals surface area contributed by atoms with Crippen LogP contribution in [0, 0.1) is 0 Å². The lowest BCUT2D eigenvalue weighted by molar-refractivity contribution is 0.0761. The Morgan fingerprint density at radius 1 is 1.69 bits per heavy atom. The standard InChI is InChI=1S/C11H20N4O/c1-3-9(10-5-4-6-16-10)12-7-11-14-13-8-15(11)2/h8-10,12H,3-7H2,1-2H3/t9-,10+/m0/s1. The molecule has 5 nitrogen and oxygen atoms in total. The quantitative estimate of drug-likeness (QED) is 0.806. The average molecular weight is 224 g/mol. The molecule has 0 amide bonds. The molecule has 0 radical (unpaired) electrons. The first kappa shape index (κ1) is 11.5. The second kappa shape index (κ2) is 5.41. The van der Waals surface area contributed by atoms with Crippen molar-refractivity contribution in [3.8, 4) is 0 Å². The van der Waals surface area contributed by atoms with E-state index in [9.17, 15) is 0 Å². The summed E-state index contributed by atoms with van der Waals surface area (Å²) in [6, 6.07) is 0.430. The Bertz CT molecular complexity index is 320. The van der Waals surface area contributed by atoms with Crippen LogP contribution in [0.15, 0.2) is 6.33 Å². The first-order valence-electron chi connectivity index (χ1n) is 5.99. The molecule has 0 saturated carbocycles. The number of aromatic nitrogens is 3. The van der Waals surface area contributed by atoms with Crippen molar-refractivity contribution >= 4 is 0 Å². The largest absolute Gasteiger partial charge is 0.377 e. The first-order chi connectivity index (χ1) is 7.81. The topological polar surface area (TPSA) is 52.0 Å². The van der Waals surface area contributed by atoms with Crippen molar-refractivity contribution in [3.05, 3.63) is 12.2 Å². The molecule has 0 unspecified atom stereocenters. The summed E-state index contributed by atoms with van der Waals surface area (Å²) >= 11 is 0. The van der Waals surface area contributed by atoms with Crippen LogP contribution >= 0.6 is 0 Å². The molecule has 1 aromatic rings. The minimum absolute atomic E-state index is 0.373. The molecule has 1 aliphatic heterocycles. The molecule has 0 aliphatic carbocycles. The highest BCUT2D eigenvalue weighted by Gasteiger charge is 2.24. The maximum absolute atomic E-state index is 5.70. The van der Waals surface area contributed by atoms with Gasteiger partial charge in [0.25, 0.3) is 0 Å². The van der Waals surface area contributed by atoms with Crippen LogP contribution in [0.5, 0.6) is 0 Å². The fourth-order valence-corrected chi connectivity index (χ4v) is 2.15. The highest BCUT2D eigenvalue weighted by Crippen LogP contribution is 2.17. The second-order valence-electron chi connectivity index (χ2n) is 4.31. The summed E-state index contributed by atoms with van der Waals surface area (Å²) in [6.45, 7) is 3.86. The van der Waals surface area contributed by atoms with Crippen molar-refractivity contribution < 1.29 is 4.74 Å². The van der Waals surface area contributed by atoms with Gasteiger partial charge in [-0.15, -0.1) is 10.2 Å². The van der Waals surface area contributed by atoms with E-state index >= 15 is 0 Å². The monoisotopic (exact) mass is 224 g/mol. The number of hydrogen-bond acceptors (Lipinski definition) is 4. The molecule has 0 bridgehead atoms. The predicted octanol–water partition coefficient (Wildman–Crippen LogP) is 0.862. The van der Waals surface area contributed by atoms with Crippen LogP contribution in [0.4, 0.5) is 0 Å². The van der Waals surface area contributed by atoms with Gasteiger partial charge in [-0.2, -0.15) is 0 Å². The molecule has 0 aromatic carbocycles. The fraction of sp³-hybridized carbons (Fsp3) is 0.818. The summed E-state index contributed by atoms with van der Waals surface area (Å²) in [4.78, 5) is 0. The Kier molecular flexibility index (Phi) is 3.90.